The molecule has 0 spiro atoms. The normalized spacial score (nSPS) is 10.3. The lowest BCUT2D eigenvalue weighted by atomic mass is 10.1. The molecule has 3 N–H and O–H groups in total. The van der Waals surface area contributed by atoms with Gasteiger partial charge in [-0.05, 0) is 32.4 Å². The summed E-state index contributed by atoms with van der Waals surface area (Å²) in [6.45, 7) is 6.26. The van der Waals surface area contributed by atoms with Gasteiger partial charge in [-0.1, -0.05) is 12.1 Å². The van der Waals surface area contributed by atoms with E-state index in [0.717, 1.165) is 11.4 Å². The van der Waals surface area contributed by atoms with Crippen molar-refractivity contribution in [2.75, 3.05) is 11.1 Å². The fourth-order valence-corrected chi connectivity index (χ4v) is 1.18. The van der Waals surface area contributed by atoms with Crippen LogP contribution in [0.1, 0.15) is 19.4 Å². The molecule has 0 saturated carbocycles. The summed E-state index contributed by atoms with van der Waals surface area (Å²) in [5.41, 5.74) is 8.89. The largest absolute Gasteiger partial charge is 0.397 e. The van der Waals surface area contributed by atoms with Gasteiger partial charge in [-0.15, -0.1) is 0 Å². The van der Waals surface area contributed by atoms with Crippen LogP contribution in [-0.2, 0) is 0 Å². The Kier molecular flexibility index (Phi) is 2.58. The highest BCUT2D eigenvalue weighted by Gasteiger charge is 2.02. The Hall–Kier alpha value is -1.18. The van der Waals surface area contributed by atoms with Crippen molar-refractivity contribution in [3.05, 3.63) is 23.8 Å². The second-order valence-corrected chi connectivity index (χ2v) is 3.34. The maximum absolute atomic E-state index is 5.81. The molecule has 1 aromatic carbocycles. The van der Waals surface area contributed by atoms with E-state index in [-0.39, 0.29) is 0 Å². The maximum Gasteiger partial charge on any atom is 0.0605 e. The van der Waals surface area contributed by atoms with Crippen LogP contribution in [0.15, 0.2) is 18.2 Å². The van der Waals surface area contributed by atoms with Gasteiger partial charge >= 0.3 is 0 Å². The third-order valence-corrected chi connectivity index (χ3v) is 1.74. The van der Waals surface area contributed by atoms with E-state index in [0.29, 0.717) is 6.04 Å². The quantitative estimate of drug-likeness (QED) is 0.659. The number of anilines is 2. The Morgan fingerprint density at radius 2 is 2.00 bits per heavy atom. The molecular weight excluding hydrogens is 148 g/mol. The van der Waals surface area contributed by atoms with E-state index in [4.69, 9.17) is 5.73 Å². The molecule has 0 aromatic heterocycles. The Morgan fingerprint density at radius 3 is 2.50 bits per heavy atom. The zero-order valence-corrected chi connectivity index (χ0v) is 7.89. The highest BCUT2D eigenvalue weighted by molar-refractivity contribution is 5.70. The van der Waals surface area contributed by atoms with Crippen molar-refractivity contribution in [3.63, 3.8) is 0 Å². The minimum atomic E-state index is 0.424. The van der Waals surface area contributed by atoms with Gasteiger partial charge in [0.15, 0.2) is 0 Å². The van der Waals surface area contributed by atoms with E-state index in [2.05, 4.69) is 32.2 Å². The minimum Gasteiger partial charge on any atom is -0.397 e. The molecule has 0 unspecified atom stereocenters. The first-order valence-electron chi connectivity index (χ1n) is 4.23. The first-order valence-corrected chi connectivity index (χ1v) is 4.23. The highest BCUT2D eigenvalue weighted by Crippen LogP contribution is 2.22. The van der Waals surface area contributed by atoms with E-state index < -0.39 is 0 Å². The van der Waals surface area contributed by atoms with Gasteiger partial charge in [0.05, 0.1) is 11.4 Å². The Bertz CT molecular complexity index is 246. The lowest BCUT2D eigenvalue weighted by Crippen LogP contribution is -2.12. The lowest BCUT2D eigenvalue weighted by molar-refractivity contribution is 0.898. The number of rotatable bonds is 2. The molecule has 0 amide bonds. The standard InChI is InChI=1S/C10H16N2/c1-7(2)12-10-8(3)5-4-6-9(10)11/h4-7,12H,11H2,1-3H3. The molecule has 1 rings (SSSR count). The number of hydrogen-bond acceptors (Lipinski definition) is 2. The number of benzene rings is 1. The molecule has 12 heavy (non-hydrogen) atoms. The minimum absolute atomic E-state index is 0.424. The average molecular weight is 164 g/mol. The summed E-state index contributed by atoms with van der Waals surface area (Å²) in [6, 6.07) is 6.36. The first-order chi connectivity index (χ1) is 5.61. The van der Waals surface area contributed by atoms with Gasteiger partial charge < -0.3 is 11.1 Å². The molecule has 2 heteroatoms. The topological polar surface area (TPSA) is 38.0 Å². The zero-order chi connectivity index (χ0) is 9.14. The van der Waals surface area contributed by atoms with Crippen LogP contribution >= 0.6 is 0 Å². The molecule has 0 aliphatic heterocycles. The van der Waals surface area contributed by atoms with Crippen LogP contribution in [0.4, 0.5) is 11.4 Å². The summed E-state index contributed by atoms with van der Waals surface area (Å²) in [5, 5.41) is 3.32. The molecule has 66 valence electrons. The molecule has 0 bridgehead atoms. The Labute approximate surface area is 73.8 Å². The van der Waals surface area contributed by atoms with E-state index in [1.807, 2.05) is 12.1 Å². The summed E-state index contributed by atoms with van der Waals surface area (Å²) >= 11 is 0. The van der Waals surface area contributed by atoms with E-state index in [1.54, 1.807) is 0 Å². The lowest BCUT2D eigenvalue weighted by Gasteiger charge is -2.14. The predicted octanol–water partition coefficient (Wildman–Crippen LogP) is 2.40. The van der Waals surface area contributed by atoms with Crippen molar-refractivity contribution in [2.24, 2.45) is 0 Å². The summed E-state index contributed by atoms with van der Waals surface area (Å²) < 4.78 is 0. The summed E-state index contributed by atoms with van der Waals surface area (Å²) in [7, 11) is 0. The van der Waals surface area contributed by atoms with Crippen molar-refractivity contribution >= 4 is 11.4 Å². The SMILES string of the molecule is Cc1cccc(N)c1NC(C)C. The number of aryl methyl sites for hydroxylation is 1. The van der Waals surface area contributed by atoms with Gasteiger partial charge in [-0.3, -0.25) is 0 Å². The second kappa shape index (κ2) is 3.48. The fraction of sp³-hybridized carbons (Fsp3) is 0.400. The van der Waals surface area contributed by atoms with E-state index >= 15 is 0 Å². The van der Waals surface area contributed by atoms with Crippen molar-refractivity contribution in [1.29, 1.82) is 0 Å². The van der Waals surface area contributed by atoms with E-state index in [1.165, 1.54) is 5.56 Å². The third-order valence-electron chi connectivity index (χ3n) is 1.74. The fourth-order valence-electron chi connectivity index (χ4n) is 1.18. The average Bonchev–Trinajstić information content (AvgIpc) is 1.97. The predicted molar refractivity (Wildman–Crippen MR) is 54.4 cm³/mol. The molecular formula is C10H16N2. The molecule has 0 fully saturated rings. The summed E-state index contributed by atoms with van der Waals surface area (Å²) in [4.78, 5) is 0. The van der Waals surface area contributed by atoms with Gasteiger partial charge in [-0.2, -0.15) is 0 Å². The molecule has 0 aliphatic rings. The molecule has 0 aliphatic carbocycles. The highest BCUT2D eigenvalue weighted by atomic mass is 14.9. The number of para-hydroxylation sites is 1. The van der Waals surface area contributed by atoms with Gasteiger partial charge in [0.1, 0.15) is 0 Å². The van der Waals surface area contributed by atoms with Gasteiger partial charge in [-0.25, -0.2) is 0 Å². The van der Waals surface area contributed by atoms with E-state index in [9.17, 15) is 0 Å². The Balaban J connectivity index is 2.96. The van der Waals surface area contributed by atoms with Crippen LogP contribution in [0.25, 0.3) is 0 Å². The van der Waals surface area contributed by atoms with Crippen LogP contribution in [-0.4, -0.2) is 6.04 Å². The van der Waals surface area contributed by atoms with Crippen LogP contribution < -0.4 is 11.1 Å². The summed E-state index contributed by atoms with van der Waals surface area (Å²) in [5.74, 6) is 0. The Morgan fingerprint density at radius 1 is 1.33 bits per heavy atom. The smallest absolute Gasteiger partial charge is 0.0605 e. The van der Waals surface area contributed by atoms with Crippen molar-refractivity contribution in [2.45, 2.75) is 26.8 Å². The van der Waals surface area contributed by atoms with Crippen LogP contribution in [0, 0.1) is 6.92 Å². The molecule has 0 saturated heterocycles. The van der Waals surface area contributed by atoms with Gasteiger partial charge in [0, 0.05) is 6.04 Å². The van der Waals surface area contributed by atoms with Crippen molar-refractivity contribution < 1.29 is 0 Å². The van der Waals surface area contributed by atoms with Crippen LogP contribution in [0.5, 0.6) is 0 Å². The second-order valence-electron chi connectivity index (χ2n) is 3.34. The van der Waals surface area contributed by atoms with Crippen LogP contribution in [0.3, 0.4) is 0 Å². The third kappa shape index (κ3) is 1.91. The van der Waals surface area contributed by atoms with Crippen LogP contribution in [0.2, 0.25) is 0 Å². The van der Waals surface area contributed by atoms with Crippen molar-refractivity contribution in [1.82, 2.24) is 0 Å². The molecule has 0 heterocycles. The van der Waals surface area contributed by atoms with Crippen molar-refractivity contribution in [3.8, 4) is 0 Å². The number of hydrogen-bond donors (Lipinski definition) is 2. The van der Waals surface area contributed by atoms with Gasteiger partial charge in [0.2, 0.25) is 0 Å². The van der Waals surface area contributed by atoms with Gasteiger partial charge in [0.25, 0.3) is 0 Å². The molecule has 2 nitrogen and oxygen atoms in total. The monoisotopic (exact) mass is 164 g/mol. The summed E-state index contributed by atoms with van der Waals surface area (Å²) in [6.07, 6.45) is 0. The maximum atomic E-state index is 5.81. The molecule has 0 atom stereocenters. The first kappa shape index (κ1) is 8.91. The number of nitrogen functional groups attached to an aromatic ring is 1. The molecule has 0 radical (unpaired) electrons. The zero-order valence-electron chi connectivity index (χ0n) is 7.89. The number of nitrogens with two attached hydrogens (primary N) is 1. The number of nitrogens with one attached hydrogen (secondary N) is 1. The molecule has 1 aromatic rings.